The molecule has 3 rings (SSSR count). The lowest BCUT2D eigenvalue weighted by atomic mass is 10.0. The highest BCUT2D eigenvalue weighted by Gasteiger charge is 2.30. The molecule has 0 aromatic heterocycles. The quantitative estimate of drug-likeness (QED) is 0.351. The lowest BCUT2D eigenvalue weighted by Crippen LogP contribution is -2.50. The van der Waals surface area contributed by atoms with Crippen molar-refractivity contribution >= 4 is 40.1 Å². The predicted octanol–water partition coefficient (Wildman–Crippen LogP) is 5.49. The molecule has 0 aliphatic rings. The summed E-state index contributed by atoms with van der Waals surface area (Å²) in [7, 11) is 1.26. The second-order valence-corrected chi connectivity index (χ2v) is 9.46. The molecule has 0 aliphatic carbocycles. The molecular weight excluding hydrogens is 470 g/mol. The molecule has 2 atom stereocenters. The highest BCUT2D eigenvalue weighted by Crippen LogP contribution is 2.26. The molecule has 0 radical (unpaired) electrons. The van der Waals surface area contributed by atoms with Crippen LogP contribution in [0.15, 0.2) is 48.5 Å². The standard InChI is InChI=1S/C29H35N3O5/c1-16(2)37-20(6)26(28(34)36-7)31-27(33)23-14-21-10-8-9-11-22(21)15-24(23)30-29(35)32-25-18(4)12-17(3)13-19(25)5/h8-16,20,26H,1-7H3,(H,31,33)(H2,30,32,35)/t20?,26-/m0/s1. The summed E-state index contributed by atoms with van der Waals surface area (Å²) in [6.07, 6.45) is -0.793. The van der Waals surface area contributed by atoms with E-state index in [0.717, 1.165) is 27.5 Å². The van der Waals surface area contributed by atoms with Gasteiger partial charge in [0.05, 0.1) is 30.6 Å². The van der Waals surface area contributed by atoms with Crippen LogP contribution in [0.4, 0.5) is 16.2 Å². The number of rotatable bonds is 8. The first-order chi connectivity index (χ1) is 17.5. The molecule has 0 aliphatic heterocycles. The van der Waals surface area contributed by atoms with Crippen molar-refractivity contribution in [2.45, 2.75) is 59.8 Å². The summed E-state index contributed by atoms with van der Waals surface area (Å²) < 4.78 is 10.6. The fourth-order valence-corrected chi connectivity index (χ4v) is 4.40. The van der Waals surface area contributed by atoms with Gasteiger partial charge in [0.2, 0.25) is 0 Å². The molecule has 0 saturated heterocycles. The van der Waals surface area contributed by atoms with Gasteiger partial charge in [0.25, 0.3) is 5.91 Å². The van der Waals surface area contributed by atoms with Gasteiger partial charge in [0.1, 0.15) is 0 Å². The van der Waals surface area contributed by atoms with Gasteiger partial charge in [-0.25, -0.2) is 9.59 Å². The van der Waals surface area contributed by atoms with Crippen LogP contribution in [0.25, 0.3) is 10.8 Å². The maximum absolute atomic E-state index is 13.5. The summed E-state index contributed by atoms with van der Waals surface area (Å²) in [5.74, 6) is -1.17. The van der Waals surface area contributed by atoms with Gasteiger partial charge in [-0.05, 0) is 75.6 Å². The Labute approximate surface area is 217 Å². The van der Waals surface area contributed by atoms with Crippen molar-refractivity contribution in [3.8, 4) is 0 Å². The van der Waals surface area contributed by atoms with E-state index in [4.69, 9.17) is 9.47 Å². The predicted molar refractivity (Wildman–Crippen MR) is 146 cm³/mol. The molecule has 3 aromatic rings. The molecule has 8 heteroatoms. The number of carbonyl (C=O) groups is 3. The number of hydrogen-bond donors (Lipinski definition) is 3. The van der Waals surface area contributed by atoms with Crippen molar-refractivity contribution in [2.75, 3.05) is 17.7 Å². The number of nitrogens with one attached hydrogen (secondary N) is 3. The topological polar surface area (TPSA) is 106 Å². The highest BCUT2D eigenvalue weighted by molar-refractivity contribution is 6.10. The molecule has 0 saturated carbocycles. The van der Waals surface area contributed by atoms with Gasteiger partial charge in [-0.3, -0.25) is 4.79 Å². The molecular formula is C29H35N3O5. The van der Waals surface area contributed by atoms with Crippen LogP contribution in [0.5, 0.6) is 0 Å². The van der Waals surface area contributed by atoms with Gasteiger partial charge in [0.15, 0.2) is 6.04 Å². The van der Waals surface area contributed by atoms with Crippen LogP contribution in [-0.4, -0.2) is 43.3 Å². The zero-order chi connectivity index (χ0) is 27.3. The number of hydrogen-bond acceptors (Lipinski definition) is 5. The van der Waals surface area contributed by atoms with E-state index in [1.54, 1.807) is 19.1 Å². The minimum absolute atomic E-state index is 0.158. The molecule has 37 heavy (non-hydrogen) atoms. The van der Waals surface area contributed by atoms with Crippen molar-refractivity contribution in [3.63, 3.8) is 0 Å². The Kier molecular flexibility index (Phi) is 8.89. The van der Waals surface area contributed by atoms with Gasteiger partial charge in [0, 0.05) is 5.69 Å². The van der Waals surface area contributed by atoms with E-state index < -0.39 is 30.1 Å². The van der Waals surface area contributed by atoms with Crippen LogP contribution in [0.2, 0.25) is 0 Å². The third-order valence-corrected chi connectivity index (χ3v) is 5.99. The van der Waals surface area contributed by atoms with E-state index in [1.807, 2.05) is 71.0 Å². The molecule has 0 bridgehead atoms. The first kappa shape index (κ1) is 27.7. The van der Waals surface area contributed by atoms with Crippen molar-refractivity contribution in [1.82, 2.24) is 5.32 Å². The molecule has 196 valence electrons. The van der Waals surface area contributed by atoms with E-state index in [0.29, 0.717) is 11.4 Å². The van der Waals surface area contributed by atoms with Gasteiger partial charge in [-0.2, -0.15) is 0 Å². The van der Waals surface area contributed by atoms with Gasteiger partial charge >= 0.3 is 12.0 Å². The number of benzene rings is 3. The second kappa shape index (κ2) is 11.9. The average molecular weight is 506 g/mol. The molecule has 3 amide bonds. The Morgan fingerprint density at radius 1 is 0.838 bits per heavy atom. The smallest absolute Gasteiger partial charge is 0.331 e. The van der Waals surface area contributed by atoms with Crippen molar-refractivity contribution in [1.29, 1.82) is 0 Å². The van der Waals surface area contributed by atoms with Crippen molar-refractivity contribution < 1.29 is 23.9 Å². The fraction of sp³-hybridized carbons (Fsp3) is 0.345. The molecule has 0 spiro atoms. The third-order valence-electron chi connectivity index (χ3n) is 5.99. The van der Waals surface area contributed by atoms with Crippen molar-refractivity contribution in [2.24, 2.45) is 0 Å². The molecule has 8 nitrogen and oxygen atoms in total. The molecule has 3 N–H and O–H groups in total. The Morgan fingerprint density at radius 2 is 1.43 bits per heavy atom. The normalized spacial score (nSPS) is 12.6. The Balaban J connectivity index is 1.94. The average Bonchev–Trinajstić information content (AvgIpc) is 2.83. The third kappa shape index (κ3) is 6.86. The first-order valence-electron chi connectivity index (χ1n) is 12.2. The minimum Gasteiger partial charge on any atom is -0.467 e. The zero-order valence-corrected chi connectivity index (χ0v) is 22.4. The first-order valence-corrected chi connectivity index (χ1v) is 12.2. The molecule has 0 heterocycles. The summed E-state index contributed by atoms with van der Waals surface area (Å²) in [6.45, 7) is 11.2. The van der Waals surface area contributed by atoms with E-state index in [-0.39, 0.29) is 11.7 Å². The number of anilines is 2. The molecule has 1 unspecified atom stereocenters. The van der Waals surface area contributed by atoms with Gasteiger partial charge < -0.3 is 25.4 Å². The zero-order valence-electron chi connectivity index (χ0n) is 22.4. The van der Waals surface area contributed by atoms with Crippen LogP contribution in [-0.2, 0) is 14.3 Å². The Bertz CT molecular complexity index is 1300. The van der Waals surface area contributed by atoms with Crippen molar-refractivity contribution in [3.05, 3.63) is 70.8 Å². The van der Waals surface area contributed by atoms with Gasteiger partial charge in [-0.1, -0.05) is 42.0 Å². The Hall–Kier alpha value is -3.91. The number of carbonyl (C=O) groups excluding carboxylic acids is 3. The van der Waals surface area contributed by atoms with Crippen LogP contribution in [0.3, 0.4) is 0 Å². The van der Waals surface area contributed by atoms with E-state index in [1.165, 1.54) is 7.11 Å². The molecule has 3 aromatic carbocycles. The number of methoxy groups -OCH3 is 1. The second-order valence-electron chi connectivity index (χ2n) is 9.46. The summed E-state index contributed by atoms with van der Waals surface area (Å²) in [6, 6.07) is 13.4. The van der Waals surface area contributed by atoms with Crippen LogP contribution in [0, 0.1) is 20.8 Å². The number of amides is 3. The van der Waals surface area contributed by atoms with Gasteiger partial charge in [-0.15, -0.1) is 0 Å². The number of fused-ring (bicyclic) bond motifs is 1. The minimum atomic E-state index is -1.04. The summed E-state index contributed by atoms with van der Waals surface area (Å²) in [5, 5.41) is 10.1. The number of esters is 1. The number of aryl methyl sites for hydroxylation is 3. The van der Waals surface area contributed by atoms with Crippen LogP contribution < -0.4 is 16.0 Å². The van der Waals surface area contributed by atoms with Crippen LogP contribution in [0.1, 0.15) is 47.8 Å². The molecule has 0 fully saturated rings. The lowest BCUT2D eigenvalue weighted by Gasteiger charge is -2.25. The monoisotopic (exact) mass is 505 g/mol. The maximum atomic E-state index is 13.5. The van der Waals surface area contributed by atoms with Crippen LogP contribution >= 0.6 is 0 Å². The summed E-state index contributed by atoms with van der Waals surface area (Å²) >= 11 is 0. The summed E-state index contributed by atoms with van der Waals surface area (Å²) in [4.78, 5) is 39.0. The lowest BCUT2D eigenvalue weighted by molar-refractivity contribution is -0.147. The highest BCUT2D eigenvalue weighted by atomic mass is 16.5. The fourth-order valence-electron chi connectivity index (χ4n) is 4.40. The SMILES string of the molecule is COC(=O)[C@@H](NC(=O)c1cc2ccccc2cc1NC(=O)Nc1c(C)cc(C)cc1C)C(C)OC(C)C. The van der Waals surface area contributed by atoms with E-state index in [9.17, 15) is 14.4 Å². The maximum Gasteiger partial charge on any atom is 0.331 e. The van der Waals surface area contributed by atoms with E-state index in [2.05, 4.69) is 16.0 Å². The Morgan fingerprint density at radius 3 is 2.00 bits per heavy atom. The number of urea groups is 1. The van der Waals surface area contributed by atoms with E-state index >= 15 is 0 Å². The largest absolute Gasteiger partial charge is 0.467 e. The summed E-state index contributed by atoms with van der Waals surface area (Å²) in [5.41, 5.74) is 4.19. The number of ether oxygens (including phenoxy) is 2.